The average Bonchev–Trinajstić information content (AvgIpc) is 2.39. The molecule has 1 atom stereocenters. The van der Waals surface area contributed by atoms with Crippen molar-refractivity contribution in [2.24, 2.45) is 0 Å². The van der Waals surface area contributed by atoms with Gasteiger partial charge in [0, 0.05) is 17.3 Å². The number of thioether (sulfide) groups is 1. The monoisotopic (exact) mass is 268 g/mol. The van der Waals surface area contributed by atoms with Crippen LogP contribution in [0.1, 0.15) is 27.2 Å². The first-order chi connectivity index (χ1) is 8.72. The molecular weight excluding hydrogens is 244 g/mol. The highest BCUT2D eigenvalue weighted by Crippen LogP contribution is 2.19. The zero-order chi connectivity index (χ0) is 13.2. The van der Waals surface area contributed by atoms with Gasteiger partial charge in [-0.25, -0.2) is 0 Å². The predicted molar refractivity (Wildman–Crippen MR) is 78.3 cm³/mol. The van der Waals surface area contributed by atoms with Crippen molar-refractivity contribution in [3.05, 3.63) is 30.3 Å². The minimum absolute atomic E-state index is 0.178. The zero-order valence-corrected chi connectivity index (χ0v) is 12.4. The third kappa shape index (κ3) is 7.04. The molecule has 0 amide bonds. The van der Waals surface area contributed by atoms with E-state index in [0.29, 0.717) is 6.61 Å². The summed E-state index contributed by atoms with van der Waals surface area (Å²) in [5.41, 5.74) is 0. The van der Waals surface area contributed by atoms with E-state index in [1.165, 1.54) is 4.90 Å². The lowest BCUT2D eigenvalue weighted by molar-refractivity contribution is -0.0239. The number of benzene rings is 1. The molecule has 18 heavy (non-hydrogen) atoms. The molecule has 0 fully saturated rings. The van der Waals surface area contributed by atoms with E-state index >= 15 is 0 Å². The van der Waals surface area contributed by atoms with Crippen molar-refractivity contribution in [1.29, 1.82) is 0 Å². The molecule has 0 heterocycles. The van der Waals surface area contributed by atoms with Gasteiger partial charge in [-0.1, -0.05) is 25.1 Å². The van der Waals surface area contributed by atoms with Crippen molar-refractivity contribution in [2.75, 3.05) is 19.0 Å². The van der Waals surface area contributed by atoms with E-state index in [1.807, 2.05) is 17.8 Å². The van der Waals surface area contributed by atoms with E-state index in [9.17, 15) is 0 Å². The van der Waals surface area contributed by atoms with Gasteiger partial charge in [-0.05, 0) is 32.4 Å². The molecule has 1 aromatic carbocycles. The van der Waals surface area contributed by atoms with E-state index < -0.39 is 0 Å². The van der Waals surface area contributed by atoms with Crippen LogP contribution in [-0.2, 0) is 9.47 Å². The second-order valence-corrected chi connectivity index (χ2v) is 5.59. The predicted octanol–water partition coefficient (Wildman–Crippen LogP) is 4.00. The Morgan fingerprint density at radius 3 is 2.44 bits per heavy atom. The molecule has 0 aromatic heterocycles. The summed E-state index contributed by atoms with van der Waals surface area (Å²) in [5, 5.41) is 0. The minimum Gasteiger partial charge on any atom is -0.376 e. The third-order valence-corrected chi connectivity index (χ3v) is 3.50. The summed E-state index contributed by atoms with van der Waals surface area (Å²) in [7, 11) is 0. The molecule has 0 saturated heterocycles. The van der Waals surface area contributed by atoms with Gasteiger partial charge in [0.25, 0.3) is 0 Å². The van der Waals surface area contributed by atoms with E-state index in [1.54, 1.807) is 0 Å². The van der Waals surface area contributed by atoms with Crippen molar-refractivity contribution in [3.8, 4) is 0 Å². The highest BCUT2D eigenvalue weighted by molar-refractivity contribution is 7.99. The third-order valence-electron chi connectivity index (χ3n) is 2.35. The van der Waals surface area contributed by atoms with Crippen molar-refractivity contribution >= 4 is 11.8 Å². The molecule has 1 rings (SSSR count). The first-order valence-corrected chi connectivity index (χ1v) is 7.62. The van der Waals surface area contributed by atoms with Gasteiger partial charge in [-0.15, -0.1) is 11.8 Å². The zero-order valence-electron chi connectivity index (χ0n) is 11.6. The smallest absolute Gasteiger partial charge is 0.0902 e. The SMILES string of the molecule is CCCOC(COC(C)C)CSc1ccccc1. The summed E-state index contributed by atoms with van der Waals surface area (Å²) < 4.78 is 11.5. The summed E-state index contributed by atoms with van der Waals surface area (Å²) in [6.45, 7) is 7.73. The molecule has 3 heteroatoms. The van der Waals surface area contributed by atoms with Crippen LogP contribution in [0.25, 0.3) is 0 Å². The van der Waals surface area contributed by atoms with Crippen LogP contribution < -0.4 is 0 Å². The van der Waals surface area contributed by atoms with Gasteiger partial charge in [-0.3, -0.25) is 0 Å². The first-order valence-electron chi connectivity index (χ1n) is 6.63. The summed E-state index contributed by atoms with van der Waals surface area (Å²) >= 11 is 1.83. The Bertz CT molecular complexity index is 301. The van der Waals surface area contributed by atoms with Crippen LogP contribution in [0.4, 0.5) is 0 Å². The standard InChI is InChI=1S/C15H24O2S/c1-4-10-16-14(11-17-13(2)3)12-18-15-8-6-5-7-9-15/h5-9,13-14H,4,10-12H2,1-3H3. The van der Waals surface area contributed by atoms with Crippen molar-refractivity contribution < 1.29 is 9.47 Å². The van der Waals surface area contributed by atoms with Gasteiger partial charge >= 0.3 is 0 Å². The van der Waals surface area contributed by atoms with E-state index in [-0.39, 0.29) is 12.2 Å². The Morgan fingerprint density at radius 1 is 1.11 bits per heavy atom. The van der Waals surface area contributed by atoms with Crippen LogP contribution in [0.2, 0.25) is 0 Å². The number of hydrogen-bond acceptors (Lipinski definition) is 3. The normalized spacial score (nSPS) is 12.9. The van der Waals surface area contributed by atoms with Crippen molar-refractivity contribution in [1.82, 2.24) is 0 Å². The Balaban J connectivity index is 2.35. The fraction of sp³-hybridized carbons (Fsp3) is 0.600. The Labute approximate surface area is 115 Å². The summed E-state index contributed by atoms with van der Waals surface area (Å²) in [6, 6.07) is 10.4. The average molecular weight is 268 g/mol. The molecule has 0 N–H and O–H groups in total. The van der Waals surface area contributed by atoms with Crippen LogP contribution in [0.3, 0.4) is 0 Å². The topological polar surface area (TPSA) is 18.5 Å². The van der Waals surface area contributed by atoms with Gasteiger partial charge in [0.15, 0.2) is 0 Å². The van der Waals surface area contributed by atoms with Crippen LogP contribution in [0.5, 0.6) is 0 Å². The number of ether oxygens (including phenoxy) is 2. The Morgan fingerprint density at radius 2 is 1.83 bits per heavy atom. The van der Waals surface area contributed by atoms with Crippen molar-refractivity contribution in [2.45, 2.75) is 44.3 Å². The maximum Gasteiger partial charge on any atom is 0.0902 e. The highest BCUT2D eigenvalue weighted by Gasteiger charge is 2.11. The number of rotatable bonds is 9. The Hall–Kier alpha value is -0.510. The van der Waals surface area contributed by atoms with Crippen LogP contribution in [-0.4, -0.2) is 31.2 Å². The molecule has 0 aliphatic rings. The van der Waals surface area contributed by atoms with E-state index in [2.05, 4.69) is 45.0 Å². The lowest BCUT2D eigenvalue weighted by atomic mass is 10.4. The summed E-state index contributed by atoms with van der Waals surface area (Å²) in [6.07, 6.45) is 1.49. The lowest BCUT2D eigenvalue weighted by Gasteiger charge is -2.19. The van der Waals surface area contributed by atoms with E-state index in [4.69, 9.17) is 9.47 Å². The highest BCUT2D eigenvalue weighted by atomic mass is 32.2. The summed E-state index contributed by atoms with van der Waals surface area (Å²) in [4.78, 5) is 1.28. The van der Waals surface area contributed by atoms with Gasteiger partial charge in [0.05, 0.1) is 18.8 Å². The fourth-order valence-electron chi connectivity index (χ4n) is 1.43. The molecule has 0 saturated carbocycles. The molecular formula is C15H24O2S. The maximum atomic E-state index is 5.82. The lowest BCUT2D eigenvalue weighted by Crippen LogP contribution is -2.25. The van der Waals surface area contributed by atoms with Crippen LogP contribution in [0, 0.1) is 0 Å². The molecule has 0 aliphatic carbocycles. The van der Waals surface area contributed by atoms with Crippen LogP contribution in [0.15, 0.2) is 35.2 Å². The van der Waals surface area contributed by atoms with Crippen LogP contribution >= 0.6 is 11.8 Å². The minimum atomic E-state index is 0.178. The second kappa shape index (κ2) is 9.42. The van der Waals surface area contributed by atoms with Gasteiger partial charge in [0.2, 0.25) is 0 Å². The Kier molecular flexibility index (Phi) is 8.14. The van der Waals surface area contributed by atoms with E-state index in [0.717, 1.165) is 18.8 Å². The largest absolute Gasteiger partial charge is 0.376 e. The quantitative estimate of drug-likeness (QED) is 0.631. The molecule has 1 aromatic rings. The molecule has 1 unspecified atom stereocenters. The maximum absolute atomic E-state index is 5.82. The second-order valence-electron chi connectivity index (χ2n) is 4.50. The van der Waals surface area contributed by atoms with Gasteiger partial charge in [-0.2, -0.15) is 0 Å². The molecule has 102 valence electrons. The number of hydrogen-bond donors (Lipinski definition) is 0. The summed E-state index contributed by atoms with van der Waals surface area (Å²) in [5.74, 6) is 0.941. The molecule has 0 aliphatic heterocycles. The molecule has 0 spiro atoms. The molecule has 0 bridgehead atoms. The fourth-order valence-corrected chi connectivity index (χ4v) is 2.35. The molecule has 2 nitrogen and oxygen atoms in total. The van der Waals surface area contributed by atoms with Gasteiger partial charge in [0.1, 0.15) is 0 Å². The molecule has 0 radical (unpaired) electrons. The van der Waals surface area contributed by atoms with Gasteiger partial charge < -0.3 is 9.47 Å². The van der Waals surface area contributed by atoms with Crippen molar-refractivity contribution in [3.63, 3.8) is 0 Å². The first kappa shape index (κ1) is 15.5.